The van der Waals surface area contributed by atoms with E-state index in [2.05, 4.69) is 69.3 Å². The molecule has 0 aliphatic carbocycles. The third kappa shape index (κ3) is 3.77. The number of likely N-dealkylation sites (N-methyl/N-ethyl adjacent to an activating group) is 1. The van der Waals surface area contributed by atoms with Crippen LogP contribution in [0, 0.1) is 11.3 Å². The molecule has 2 aromatic heterocycles. The molecule has 5 heterocycles. The largest absolute Gasteiger partial charge is 0.368 e. The van der Waals surface area contributed by atoms with Crippen LogP contribution in [0.5, 0.6) is 0 Å². The summed E-state index contributed by atoms with van der Waals surface area (Å²) in [6.45, 7) is 7.42. The molecule has 0 unspecified atom stereocenters. The Morgan fingerprint density at radius 3 is 2.91 bits per heavy atom. The topological polar surface area (TPSA) is 71.3 Å². The highest BCUT2D eigenvalue weighted by molar-refractivity contribution is 5.95. The van der Waals surface area contributed by atoms with Gasteiger partial charge in [-0.15, -0.1) is 0 Å². The fraction of sp³-hybridized carbons (Fsp3) is 0.444. The van der Waals surface area contributed by atoms with Gasteiger partial charge in [0.1, 0.15) is 11.9 Å². The van der Waals surface area contributed by atoms with E-state index >= 15 is 0 Å². The lowest BCUT2D eigenvalue weighted by Gasteiger charge is -2.43. The molecule has 0 amide bonds. The predicted octanol–water partition coefficient (Wildman–Crippen LogP) is 3.25. The Morgan fingerprint density at radius 1 is 1.12 bits per heavy atom. The van der Waals surface area contributed by atoms with Gasteiger partial charge in [-0.05, 0) is 56.3 Å². The molecular weight excluding hydrogens is 422 g/mol. The van der Waals surface area contributed by atoms with E-state index in [1.54, 1.807) is 6.20 Å². The summed E-state index contributed by atoms with van der Waals surface area (Å²) in [5.41, 5.74) is 5.23. The summed E-state index contributed by atoms with van der Waals surface area (Å²) >= 11 is 0. The van der Waals surface area contributed by atoms with Crippen molar-refractivity contribution in [1.29, 1.82) is 5.26 Å². The number of benzene rings is 1. The minimum atomic E-state index is 0.406. The van der Waals surface area contributed by atoms with Crippen molar-refractivity contribution < 1.29 is 0 Å². The first-order valence-corrected chi connectivity index (χ1v) is 12.3. The van der Waals surface area contributed by atoms with E-state index in [1.165, 1.54) is 16.9 Å². The Morgan fingerprint density at radius 2 is 2.03 bits per heavy atom. The van der Waals surface area contributed by atoms with Gasteiger partial charge in [-0.25, -0.2) is 4.98 Å². The maximum Gasteiger partial charge on any atom is 0.126 e. The summed E-state index contributed by atoms with van der Waals surface area (Å²) in [6.07, 6.45) is 3.91. The van der Waals surface area contributed by atoms with Crippen LogP contribution in [0.3, 0.4) is 0 Å². The van der Waals surface area contributed by atoms with Gasteiger partial charge >= 0.3 is 0 Å². The Labute approximate surface area is 201 Å². The highest BCUT2D eigenvalue weighted by atomic mass is 15.3. The standard InChI is InChI=1S/C27H31N7/c1-18-14-33(25-7-5-19(13-28)27-23(25)4-3-10-29-27)17-22-12-21(16-34(18)22)30-26-8-6-20-15-32(2)11-9-24(20)31-26/h3-8,10,18,21-22H,9,11-12,14-17H2,1-2H3,(H,30,31)/t18-,21-,22+/m1/s1. The van der Waals surface area contributed by atoms with Gasteiger partial charge in [-0.1, -0.05) is 6.07 Å². The number of nitrogens with one attached hydrogen (secondary N) is 1. The first kappa shape index (κ1) is 21.3. The van der Waals surface area contributed by atoms with Crippen LogP contribution in [0.2, 0.25) is 0 Å². The van der Waals surface area contributed by atoms with Crippen molar-refractivity contribution in [2.45, 2.75) is 44.4 Å². The van der Waals surface area contributed by atoms with Crippen LogP contribution in [0.4, 0.5) is 11.5 Å². The second kappa shape index (κ2) is 8.53. The van der Waals surface area contributed by atoms with Gasteiger partial charge in [0, 0.05) is 80.2 Å². The van der Waals surface area contributed by atoms with E-state index in [1.807, 2.05) is 12.1 Å². The third-order valence-corrected chi connectivity index (χ3v) is 7.74. The van der Waals surface area contributed by atoms with Gasteiger partial charge in [-0.3, -0.25) is 9.88 Å². The molecule has 1 aromatic carbocycles. The van der Waals surface area contributed by atoms with Crippen LogP contribution in [0.15, 0.2) is 42.6 Å². The van der Waals surface area contributed by atoms with Gasteiger partial charge in [0.05, 0.1) is 11.1 Å². The minimum Gasteiger partial charge on any atom is -0.368 e. The van der Waals surface area contributed by atoms with Gasteiger partial charge < -0.3 is 15.1 Å². The second-order valence-electron chi connectivity index (χ2n) is 10.1. The molecule has 3 atom stereocenters. The zero-order valence-corrected chi connectivity index (χ0v) is 19.9. The highest BCUT2D eigenvalue weighted by Crippen LogP contribution is 2.34. The molecule has 7 heteroatoms. The average molecular weight is 454 g/mol. The number of pyridine rings is 2. The van der Waals surface area contributed by atoms with E-state index in [0.717, 1.165) is 62.3 Å². The lowest BCUT2D eigenvalue weighted by Crippen LogP contribution is -2.55. The van der Waals surface area contributed by atoms with Crippen molar-refractivity contribution in [3.8, 4) is 6.07 Å². The van der Waals surface area contributed by atoms with E-state index in [0.29, 0.717) is 23.7 Å². The molecule has 3 aliphatic rings. The molecule has 0 saturated carbocycles. The third-order valence-electron chi connectivity index (χ3n) is 7.74. The van der Waals surface area contributed by atoms with Gasteiger partial charge in [0.25, 0.3) is 0 Å². The molecule has 1 N–H and O–H groups in total. The lowest BCUT2D eigenvalue weighted by molar-refractivity contribution is 0.166. The first-order chi connectivity index (χ1) is 16.6. The fourth-order valence-electron chi connectivity index (χ4n) is 6.09. The number of nitrogens with zero attached hydrogens (tertiary/aromatic N) is 6. The van der Waals surface area contributed by atoms with Crippen molar-refractivity contribution in [1.82, 2.24) is 19.8 Å². The van der Waals surface area contributed by atoms with E-state index < -0.39 is 0 Å². The highest BCUT2D eigenvalue weighted by Gasteiger charge is 2.40. The molecule has 174 valence electrons. The van der Waals surface area contributed by atoms with Crippen LogP contribution in [0.25, 0.3) is 10.9 Å². The Bertz CT molecular complexity index is 1270. The van der Waals surface area contributed by atoms with Crippen molar-refractivity contribution in [2.24, 2.45) is 0 Å². The van der Waals surface area contributed by atoms with Crippen molar-refractivity contribution in [2.75, 3.05) is 43.4 Å². The van der Waals surface area contributed by atoms with Crippen LogP contribution in [-0.2, 0) is 13.0 Å². The molecule has 0 bridgehead atoms. The van der Waals surface area contributed by atoms with E-state index in [9.17, 15) is 5.26 Å². The lowest BCUT2D eigenvalue weighted by atomic mass is 10.0. The van der Waals surface area contributed by atoms with Gasteiger partial charge in [-0.2, -0.15) is 5.26 Å². The minimum absolute atomic E-state index is 0.406. The molecule has 0 radical (unpaired) electrons. The summed E-state index contributed by atoms with van der Waals surface area (Å²) < 4.78 is 0. The Hall–Kier alpha value is -3.21. The molecule has 2 fully saturated rings. The van der Waals surface area contributed by atoms with E-state index in [-0.39, 0.29) is 0 Å². The number of hydrogen-bond donors (Lipinski definition) is 1. The molecule has 3 aromatic rings. The van der Waals surface area contributed by atoms with Crippen molar-refractivity contribution in [3.63, 3.8) is 0 Å². The Kier molecular flexibility index (Phi) is 5.35. The molecule has 3 aliphatic heterocycles. The molecular formula is C27H31N7. The normalized spacial score (nSPS) is 25.1. The molecule has 6 rings (SSSR count). The van der Waals surface area contributed by atoms with Crippen molar-refractivity contribution >= 4 is 22.4 Å². The summed E-state index contributed by atoms with van der Waals surface area (Å²) in [6, 6.07) is 16.1. The zero-order chi connectivity index (χ0) is 23.2. The number of fused-ring (bicyclic) bond motifs is 3. The monoisotopic (exact) mass is 453 g/mol. The maximum absolute atomic E-state index is 9.50. The summed E-state index contributed by atoms with van der Waals surface area (Å²) in [5.74, 6) is 1.02. The fourth-order valence-corrected chi connectivity index (χ4v) is 6.09. The number of anilines is 2. The summed E-state index contributed by atoms with van der Waals surface area (Å²) in [4.78, 5) is 17.0. The van der Waals surface area contributed by atoms with E-state index in [4.69, 9.17) is 4.98 Å². The average Bonchev–Trinajstić information content (AvgIpc) is 3.26. The van der Waals surface area contributed by atoms with Gasteiger partial charge in [0.15, 0.2) is 0 Å². The van der Waals surface area contributed by atoms with Crippen LogP contribution < -0.4 is 10.2 Å². The molecule has 7 nitrogen and oxygen atoms in total. The van der Waals surface area contributed by atoms with Gasteiger partial charge in [0.2, 0.25) is 0 Å². The maximum atomic E-state index is 9.50. The molecule has 0 spiro atoms. The van der Waals surface area contributed by atoms with Crippen LogP contribution in [-0.4, -0.2) is 71.1 Å². The van der Waals surface area contributed by atoms with Crippen LogP contribution >= 0.6 is 0 Å². The summed E-state index contributed by atoms with van der Waals surface area (Å²) in [7, 11) is 2.17. The zero-order valence-electron chi connectivity index (χ0n) is 19.9. The number of aromatic nitrogens is 2. The number of rotatable bonds is 3. The van der Waals surface area contributed by atoms with Crippen LogP contribution in [0.1, 0.15) is 30.2 Å². The number of hydrogen-bond acceptors (Lipinski definition) is 7. The Balaban J connectivity index is 1.19. The van der Waals surface area contributed by atoms with Crippen molar-refractivity contribution in [3.05, 3.63) is 59.4 Å². The SMILES string of the molecule is C[C@@H]1CN(c2ccc(C#N)c3ncccc23)C[C@@H]2C[C@@H](Nc3ccc4c(n3)CCN(C)C4)CN21. The summed E-state index contributed by atoms with van der Waals surface area (Å²) in [5, 5.41) is 14.3. The number of nitriles is 1. The first-order valence-electron chi connectivity index (χ1n) is 12.3. The predicted molar refractivity (Wildman–Crippen MR) is 135 cm³/mol. The smallest absolute Gasteiger partial charge is 0.126 e. The second-order valence-corrected chi connectivity index (χ2v) is 10.1. The quantitative estimate of drug-likeness (QED) is 0.653. The molecule has 2 saturated heterocycles. The number of piperazine rings is 1. The molecule has 34 heavy (non-hydrogen) atoms.